The van der Waals surface area contributed by atoms with Crippen LogP contribution in [0.25, 0.3) is 0 Å². The topological polar surface area (TPSA) is 332 Å². The van der Waals surface area contributed by atoms with E-state index >= 15 is 0 Å². The average Bonchev–Trinajstić information content (AvgIpc) is 0.940. The maximum atomic E-state index is 10.8. The largest absolute Gasteiger partial charge is 2.00 e. The van der Waals surface area contributed by atoms with Crippen molar-refractivity contribution in [3.63, 3.8) is 0 Å². The second kappa shape index (κ2) is 107. The van der Waals surface area contributed by atoms with E-state index in [2.05, 4.69) is 138 Å². The summed E-state index contributed by atoms with van der Waals surface area (Å²) in [6.07, 6.45) is 16.5. The van der Waals surface area contributed by atoms with E-state index in [0.29, 0.717) is 25.7 Å². The van der Waals surface area contributed by atoms with E-state index in [1.165, 1.54) is 104 Å². The zero-order chi connectivity index (χ0) is 69.7. The van der Waals surface area contributed by atoms with Gasteiger partial charge in [-0.25, -0.2) is 0 Å². The molecule has 7 heterocycles. The normalized spacial score (nSPS) is 7.90. The molecule has 0 fully saturated rings. The molecule has 105 heavy (non-hydrogen) atoms. The standard InChI is InChI=1S/C9H13NO2.6C5H5NO2.3C5H12.C4H10.C3H8.C3H7.C2H6.5CH3.13V/c1-9(2,3)10-5-4-7(11)8(12)6-10;2*7-4-1-2-6-3-5(4)8;2*7-4-2-1-3-6-5(4)8;2*7-5-3-1-2-4-6(5)8;3*1-5(2,3)4;1-4(2)3;2*1-3-2;1-2;;;;;;;;;;;;;;;;;;/h4-6,12H,1-3H3;4*1-3H,(H2,6,7,8);2*1-4,8H;3*1-4H3;4H,1-3H3;3H2,1-2H3;3H,1-2H3;1-2H3;5*1H3;;;;;;;;;;;;;/q;;;;;;;;;;;;-1;;5*-1;;;;;;;;;;;;;+2/p-4. The molecule has 0 unspecified atom stereocenters. The van der Waals surface area contributed by atoms with E-state index in [-0.39, 0.29) is 329 Å². The molecule has 0 aliphatic heterocycles. The van der Waals surface area contributed by atoms with Gasteiger partial charge in [-0.3, -0.25) is 24.0 Å². The molecule has 0 aromatic carbocycles. The van der Waals surface area contributed by atoms with Gasteiger partial charge in [0, 0.05) is 265 Å². The molecule has 7 rings (SSSR count). The quantitative estimate of drug-likeness (QED) is 0.0548. The van der Waals surface area contributed by atoms with Crippen molar-refractivity contribution in [2.45, 2.75) is 178 Å². The Morgan fingerprint density at radius 1 is 0.390 bits per heavy atom. The van der Waals surface area contributed by atoms with E-state index in [9.17, 15) is 33.6 Å². The van der Waals surface area contributed by atoms with Gasteiger partial charge < -0.3 is 114 Å². The summed E-state index contributed by atoms with van der Waals surface area (Å²) in [4.78, 5) is 86.2. The second-order valence-corrected chi connectivity index (χ2v) is 23.9. The molecule has 0 spiro atoms. The molecule has 7 aromatic heterocycles. The molecule has 34 heteroatoms. The molecule has 597 valence electrons. The van der Waals surface area contributed by atoms with Crippen molar-refractivity contribution in [1.29, 1.82) is 0 Å². The van der Waals surface area contributed by atoms with Gasteiger partial charge in [0.25, 0.3) is 11.1 Å². The molecule has 0 aliphatic rings. The third-order valence-electron chi connectivity index (χ3n) is 6.31. The molecule has 7 N–H and O–H groups in total. The molecular formula is C71H121N7O14V13-8. The number of hydrogen-bond donors (Lipinski definition) is 7. The molecule has 0 saturated heterocycles. The molecule has 0 amide bonds. The van der Waals surface area contributed by atoms with Crippen molar-refractivity contribution in [3.05, 3.63) is 256 Å². The Hall–Kier alpha value is -1.15. The maximum absolute atomic E-state index is 10.8. The Balaban J connectivity index is -0.0000000286. The van der Waals surface area contributed by atoms with Crippen molar-refractivity contribution in [2.75, 3.05) is 0 Å². The summed E-state index contributed by atoms with van der Waals surface area (Å²) in [7, 11) is 0. The van der Waals surface area contributed by atoms with Gasteiger partial charge in [0.1, 0.15) is 34.1 Å². The summed E-state index contributed by atoms with van der Waals surface area (Å²) < 4.78 is 2.85. The molecule has 21 nitrogen and oxygen atoms in total. The Morgan fingerprint density at radius 2 is 0.619 bits per heavy atom. The Labute approximate surface area is 787 Å². The predicted octanol–water partition coefficient (Wildman–Crippen LogP) is 14.0. The molecule has 0 saturated carbocycles. The van der Waals surface area contributed by atoms with Crippen molar-refractivity contribution < 1.29 is 277 Å². The van der Waals surface area contributed by atoms with E-state index in [4.69, 9.17) is 35.9 Å². The molecule has 7 aromatic rings. The first-order chi connectivity index (χ1) is 39.8. The van der Waals surface area contributed by atoms with Crippen LogP contribution in [-0.4, -0.2) is 50.0 Å². The van der Waals surface area contributed by atoms with Crippen LogP contribution in [0.15, 0.2) is 174 Å². The Morgan fingerprint density at radius 3 is 0.752 bits per heavy atom. The number of aromatic nitrogens is 7. The number of pyridine rings is 7. The summed E-state index contributed by atoms with van der Waals surface area (Å²) in [6, 6.07) is 18.2. The summed E-state index contributed by atoms with van der Waals surface area (Å²) >= 11 is 0. The van der Waals surface area contributed by atoms with Gasteiger partial charge in [-0.05, 0) is 79.3 Å². The summed E-state index contributed by atoms with van der Waals surface area (Å²) in [5, 5.41) is 60.4. The van der Waals surface area contributed by atoms with Crippen LogP contribution >= 0.6 is 0 Å². The van der Waals surface area contributed by atoms with E-state index in [1.807, 2.05) is 54.9 Å². The number of aromatic hydroxyl groups is 5. The van der Waals surface area contributed by atoms with Gasteiger partial charge >= 0.3 is 18.6 Å². The van der Waals surface area contributed by atoms with Crippen molar-refractivity contribution in [3.8, 4) is 28.7 Å². The fourth-order valence-corrected chi connectivity index (χ4v) is 3.24. The number of rotatable bonds is 0. The van der Waals surface area contributed by atoms with Gasteiger partial charge in [-0.1, -0.05) is 162 Å². The van der Waals surface area contributed by atoms with Gasteiger partial charge in [0.05, 0.1) is 6.20 Å². The third-order valence-corrected chi connectivity index (χ3v) is 6.31. The van der Waals surface area contributed by atoms with Crippen LogP contribution in [0.3, 0.4) is 0 Å². The third kappa shape index (κ3) is 149. The van der Waals surface area contributed by atoms with Crippen LogP contribution in [-0.2, 0) is 247 Å². The minimum atomic E-state index is -0.576. The second-order valence-electron chi connectivity index (χ2n) is 23.9. The molecule has 0 aliphatic carbocycles. The van der Waals surface area contributed by atoms with Crippen LogP contribution in [0, 0.1) is 65.7 Å². The zero-order valence-electron chi connectivity index (χ0n) is 67.1. The van der Waals surface area contributed by atoms with Gasteiger partial charge in [-0.15, -0.1) is 12.4 Å². The summed E-state index contributed by atoms with van der Waals surface area (Å²) in [5.74, 6) is -0.563. The zero-order valence-corrected chi connectivity index (χ0v) is 85.2. The summed E-state index contributed by atoms with van der Waals surface area (Å²) in [6.45, 7) is 51.0. The van der Waals surface area contributed by atoms with E-state index < -0.39 is 22.2 Å². The van der Waals surface area contributed by atoms with Crippen LogP contribution < -0.4 is 58.5 Å². The van der Waals surface area contributed by atoms with Crippen molar-refractivity contribution >= 4 is 0 Å². The van der Waals surface area contributed by atoms with Crippen LogP contribution in [0.5, 0.6) is 28.7 Å². The van der Waals surface area contributed by atoms with Crippen molar-refractivity contribution in [1.82, 2.24) is 34.0 Å². The first-order valence-corrected chi connectivity index (χ1v) is 27.9. The van der Waals surface area contributed by atoms with Gasteiger partial charge in [-0.2, -0.15) is 48.1 Å². The maximum Gasteiger partial charge on any atom is 2.00 e. The number of hydrogen-bond acceptors (Lipinski definition) is 14. The monoisotopic (exact) mass is 1960 g/mol. The molecule has 0 atom stereocenters. The van der Waals surface area contributed by atoms with Crippen molar-refractivity contribution in [2.24, 2.45) is 22.2 Å². The molecule has 0 bridgehead atoms. The molecular weight excluding hydrogens is 1840 g/mol. The van der Waals surface area contributed by atoms with Crippen LogP contribution in [0.4, 0.5) is 0 Å². The first-order valence-electron chi connectivity index (χ1n) is 27.9. The SMILES string of the molecule is CC.CC(C)(C)C.CC(C)(C)C.CC(C)(C)C.CC(C)(C)n1ccc(=O)c(O)c1.CC(C)C.CCC.C[CH-]C.O=c1[n-]cccc1O.O=c1[n-]cccc1O.O=c1cc[n-]cc1O.O=c1cc[n-]cc1O.O=c1ccccn1O.O=c1ccccn1O.[CH3-].[CH3-].[CH3-].[CH3-].[CH3-].[V+2].[V].[V].[V].[V].[V].[V].[V].[V].[V].[V].[V].[V]. The average molecular weight is 1960 g/mol. The van der Waals surface area contributed by atoms with Crippen LogP contribution in [0.1, 0.15) is 173 Å². The fraction of sp³-hybridized carbons (Fsp3) is 0.423. The predicted molar refractivity (Wildman–Crippen MR) is 385 cm³/mol. The smallest absolute Gasteiger partial charge is 0.667 e. The Kier molecular flexibility index (Phi) is 180. The first kappa shape index (κ1) is 177. The minimum Gasteiger partial charge on any atom is -0.667 e. The fourth-order valence-electron chi connectivity index (χ4n) is 3.24. The van der Waals surface area contributed by atoms with Crippen LogP contribution in [0.2, 0.25) is 0 Å². The number of nitrogens with zero attached hydrogens (tertiary/aromatic N) is 7. The minimum absolute atomic E-state index is 0. The van der Waals surface area contributed by atoms with E-state index in [1.54, 1.807) is 35.0 Å². The molecule has 13 radical (unpaired) electrons. The van der Waals surface area contributed by atoms with Gasteiger partial charge in [0.2, 0.25) is 16.3 Å². The van der Waals surface area contributed by atoms with Gasteiger partial charge in [0.15, 0.2) is 5.75 Å². The van der Waals surface area contributed by atoms with E-state index in [0.717, 1.165) is 18.3 Å². The summed E-state index contributed by atoms with van der Waals surface area (Å²) in [5.41, 5.74) is -1.69. The Bertz CT molecular complexity index is 2770.